The van der Waals surface area contributed by atoms with Crippen LogP contribution < -0.4 is 0 Å². The molecule has 6 aromatic rings. The molecule has 36 heavy (non-hydrogen) atoms. The number of para-hydroxylation sites is 1. The van der Waals surface area contributed by atoms with Gasteiger partial charge in [-0.1, -0.05) is 72.8 Å². The maximum atomic E-state index is 9.06. The number of benzene rings is 3. The lowest BCUT2D eigenvalue weighted by atomic mass is 9.83. The third-order valence-electron chi connectivity index (χ3n) is 6.74. The molecule has 0 aliphatic heterocycles. The highest BCUT2D eigenvalue weighted by atomic mass is 14.8. The van der Waals surface area contributed by atoms with E-state index in [2.05, 4.69) is 4.98 Å². The number of nitrogens with one attached hydrogen (secondary N) is 2. The Morgan fingerprint density at radius 2 is 1.36 bits per heavy atom. The first kappa shape index (κ1) is 20.4. The molecule has 0 radical (unpaired) electrons. The highest BCUT2D eigenvalue weighted by Gasteiger charge is 2.28. The monoisotopic (exact) mass is 461 g/mol. The van der Waals surface area contributed by atoms with E-state index in [1.807, 2.05) is 97.1 Å². The highest BCUT2D eigenvalue weighted by molar-refractivity contribution is 6.64. The summed E-state index contributed by atoms with van der Waals surface area (Å²) in [4.78, 5) is 14.5. The second-order valence-electron chi connectivity index (χ2n) is 8.85. The molecule has 2 N–H and O–H groups in total. The van der Waals surface area contributed by atoms with Crippen LogP contribution in [-0.2, 0) is 0 Å². The number of fused-ring (bicyclic) bond motifs is 6. The van der Waals surface area contributed by atoms with Gasteiger partial charge in [0.25, 0.3) is 0 Å². The normalized spacial score (nSPS) is 13.3. The molecule has 5 heteroatoms. The van der Waals surface area contributed by atoms with Crippen LogP contribution in [0.5, 0.6) is 0 Å². The van der Waals surface area contributed by atoms with Gasteiger partial charge in [-0.25, -0.2) is 9.97 Å². The molecule has 5 nitrogen and oxygen atoms in total. The summed E-state index contributed by atoms with van der Waals surface area (Å²) < 4.78 is 0. The number of pyridine rings is 3. The van der Waals surface area contributed by atoms with Gasteiger partial charge >= 0.3 is 0 Å². The van der Waals surface area contributed by atoms with Crippen molar-refractivity contribution in [1.82, 2.24) is 15.0 Å². The van der Waals surface area contributed by atoms with Crippen LogP contribution in [0.4, 0.5) is 0 Å². The smallest absolute Gasteiger partial charge is 0.0972 e. The summed E-state index contributed by atoms with van der Waals surface area (Å²) in [5.41, 5.74) is 7.36. The molecular weight excluding hydrogens is 442 g/mol. The zero-order valence-electron chi connectivity index (χ0n) is 19.2. The lowest BCUT2D eigenvalue weighted by molar-refractivity contribution is 1.33. The van der Waals surface area contributed by atoms with Gasteiger partial charge in [-0.05, 0) is 24.3 Å². The molecule has 1 aliphatic rings. The van der Waals surface area contributed by atoms with Gasteiger partial charge in [0.05, 0.1) is 39.4 Å². The highest BCUT2D eigenvalue weighted by Crippen LogP contribution is 2.37. The van der Waals surface area contributed by atoms with Crippen molar-refractivity contribution in [1.29, 1.82) is 10.8 Å². The Bertz CT molecular complexity index is 1920. The number of rotatable bonds is 2. The quantitative estimate of drug-likeness (QED) is 0.274. The number of nitrogens with zero attached hydrogens (tertiary/aromatic N) is 3. The molecule has 0 fully saturated rings. The van der Waals surface area contributed by atoms with Crippen LogP contribution in [0.1, 0.15) is 16.8 Å². The van der Waals surface area contributed by atoms with E-state index in [0.29, 0.717) is 11.3 Å². The summed E-state index contributed by atoms with van der Waals surface area (Å²) in [5.74, 6) is 0. The second kappa shape index (κ2) is 7.75. The number of hydrogen-bond acceptors (Lipinski definition) is 5. The van der Waals surface area contributed by atoms with Crippen LogP contribution in [0, 0.1) is 10.8 Å². The van der Waals surface area contributed by atoms with E-state index in [1.54, 1.807) is 6.20 Å². The Balaban J connectivity index is 1.53. The van der Waals surface area contributed by atoms with Gasteiger partial charge < -0.3 is 0 Å². The Hall–Kier alpha value is -5.03. The Morgan fingerprint density at radius 3 is 2.22 bits per heavy atom. The first-order chi connectivity index (χ1) is 17.7. The molecule has 0 amide bonds. The number of hydrogen-bond donors (Lipinski definition) is 2. The molecule has 168 valence electrons. The molecule has 0 saturated carbocycles. The van der Waals surface area contributed by atoms with Crippen LogP contribution in [-0.4, -0.2) is 26.4 Å². The summed E-state index contributed by atoms with van der Waals surface area (Å²) in [6.45, 7) is 0. The van der Waals surface area contributed by atoms with E-state index in [0.717, 1.165) is 55.1 Å². The third-order valence-corrected chi connectivity index (χ3v) is 6.74. The van der Waals surface area contributed by atoms with Crippen molar-refractivity contribution in [2.24, 2.45) is 0 Å². The van der Waals surface area contributed by atoms with Crippen LogP contribution >= 0.6 is 0 Å². The third kappa shape index (κ3) is 3.00. The summed E-state index contributed by atoms with van der Waals surface area (Å²) in [5, 5.41) is 20.9. The lowest BCUT2D eigenvalue weighted by Crippen LogP contribution is -2.22. The van der Waals surface area contributed by atoms with Gasteiger partial charge in [0.15, 0.2) is 0 Å². The molecule has 0 atom stereocenters. The van der Waals surface area contributed by atoms with Crippen LogP contribution in [0.15, 0.2) is 97.2 Å². The molecule has 1 aliphatic carbocycles. The van der Waals surface area contributed by atoms with Crippen LogP contribution in [0.3, 0.4) is 0 Å². The van der Waals surface area contributed by atoms with Crippen molar-refractivity contribution in [3.63, 3.8) is 0 Å². The predicted molar refractivity (Wildman–Crippen MR) is 147 cm³/mol. The molecule has 3 heterocycles. The SMILES string of the molecule is N=C1C(=N)c2c(c(-c3ccccc3)nc3ccccc23)C=C1c1ccc2ccc3cccnc3c2n1. The summed E-state index contributed by atoms with van der Waals surface area (Å²) in [6.07, 6.45) is 3.75. The average Bonchev–Trinajstić information content (AvgIpc) is 2.94. The fraction of sp³-hybridized carbons (Fsp3) is 0. The van der Waals surface area contributed by atoms with Gasteiger partial charge in [0.2, 0.25) is 0 Å². The fourth-order valence-corrected chi connectivity index (χ4v) is 5.00. The number of allylic oxidation sites excluding steroid dienone is 1. The summed E-state index contributed by atoms with van der Waals surface area (Å²) in [6, 6.07) is 29.8. The van der Waals surface area contributed by atoms with Gasteiger partial charge in [-0.3, -0.25) is 15.8 Å². The summed E-state index contributed by atoms with van der Waals surface area (Å²) >= 11 is 0. The molecular formula is C31H19N5. The minimum atomic E-state index is 0.151. The second-order valence-corrected chi connectivity index (χ2v) is 8.85. The Morgan fingerprint density at radius 1 is 0.611 bits per heavy atom. The van der Waals surface area contributed by atoms with E-state index in [4.69, 9.17) is 20.8 Å². The van der Waals surface area contributed by atoms with Gasteiger partial charge in [0, 0.05) is 44.6 Å². The van der Waals surface area contributed by atoms with Crippen molar-refractivity contribution in [3.05, 3.63) is 114 Å². The molecule has 0 bridgehead atoms. The first-order valence-corrected chi connectivity index (χ1v) is 11.7. The van der Waals surface area contributed by atoms with E-state index < -0.39 is 0 Å². The molecule has 3 aromatic heterocycles. The van der Waals surface area contributed by atoms with Crippen molar-refractivity contribution in [2.75, 3.05) is 0 Å². The predicted octanol–water partition coefficient (Wildman–Crippen LogP) is 6.94. The van der Waals surface area contributed by atoms with E-state index >= 15 is 0 Å². The first-order valence-electron chi connectivity index (χ1n) is 11.7. The summed E-state index contributed by atoms with van der Waals surface area (Å²) in [7, 11) is 0. The van der Waals surface area contributed by atoms with Crippen LogP contribution in [0.2, 0.25) is 0 Å². The Labute approximate surface area is 206 Å². The zero-order chi connectivity index (χ0) is 24.2. The zero-order valence-corrected chi connectivity index (χ0v) is 19.2. The number of aromatic nitrogens is 3. The average molecular weight is 462 g/mol. The lowest BCUT2D eigenvalue weighted by Gasteiger charge is -2.23. The Kier molecular flexibility index (Phi) is 4.38. The van der Waals surface area contributed by atoms with Gasteiger partial charge in [-0.2, -0.15) is 0 Å². The topological polar surface area (TPSA) is 86.4 Å². The van der Waals surface area contributed by atoms with E-state index in [1.165, 1.54) is 0 Å². The van der Waals surface area contributed by atoms with Crippen molar-refractivity contribution in [2.45, 2.75) is 0 Å². The van der Waals surface area contributed by atoms with Crippen molar-refractivity contribution >= 4 is 55.8 Å². The van der Waals surface area contributed by atoms with Gasteiger partial charge in [0.1, 0.15) is 0 Å². The van der Waals surface area contributed by atoms with Crippen molar-refractivity contribution in [3.8, 4) is 11.3 Å². The van der Waals surface area contributed by atoms with E-state index in [9.17, 15) is 0 Å². The van der Waals surface area contributed by atoms with Crippen molar-refractivity contribution < 1.29 is 0 Å². The molecule has 0 spiro atoms. The standard InChI is InChI=1S/C31H19N5/c32-27-22(25-15-14-20-13-12-19-9-6-16-34-30(19)31(20)36-25)17-23-26(28(27)33)21-10-4-5-11-24(21)35-29(23)18-7-2-1-3-8-18/h1-17,32-33H. The van der Waals surface area contributed by atoms with Crippen LogP contribution in [0.25, 0.3) is 55.6 Å². The molecule has 7 rings (SSSR count). The molecule has 0 unspecified atom stereocenters. The molecule has 0 saturated heterocycles. The fourth-order valence-electron chi connectivity index (χ4n) is 5.00. The largest absolute Gasteiger partial charge is 0.298 e. The van der Waals surface area contributed by atoms with E-state index in [-0.39, 0.29) is 11.4 Å². The maximum Gasteiger partial charge on any atom is 0.0972 e. The molecule has 3 aromatic carbocycles. The minimum absolute atomic E-state index is 0.151. The van der Waals surface area contributed by atoms with Gasteiger partial charge in [-0.15, -0.1) is 0 Å². The maximum absolute atomic E-state index is 9.06. The minimum Gasteiger partial charge on any atom is -0.298 e.